The molecule has 1 unspecified atom stereocenters. The average Bonchev–Trinajstić information content (AvgIpc) is 3.16. The number of ether oxygens (including phenoxy) is 2. The summed E-state index contributed by atoms with van der Waals surface area (Å²) in [6.07, 6.45) is 0.234. The number of nitrogens with zero attached hydrogens (tertiary/aromatic N) is 4. The minimum Gasteiger partial charge on any atom is -0.491 e. The molecule has 1 fully saturated rings. The minimum absolute atomic E-state index is 0. The van der Waals surface area contributed by atoms with Gasteiger partial charge in [0, 0.05) is 31.9 Å². The lowest BCUT2D eigenvalue weighted by atomic mass is 10.2. The number of rotatable bonds is 9. The molecule has 2 heterocycles. The predicted molar refractivity (Wildman–Crippen MR) is 140 cm³/mol. The van der Waals surface area contributed by atoms with Gasteiger partial charge >= 0.3 is 0 Å². The van der Waals surface area contributed by atoms with Crippen LogP contribution < -0.4 is 15.4 Å². The molecule has 3 rings (SSSR count). The number of hydrogen-bond acceptors (Lipinski definition) is 7. The maximum absolute atomic E-state index is 5.96. The van der Waals surface area contributed by atoms with Gasteiger partial charge in [0.05, 0.1) is 18.8 Å². The predicted octanol–water partition coefficient (Wildman–Crippen LogP) is 3.70. The molecule has 2 N–H and O–H groups in total. The van der Waals surface area contributed by atoms with E-state index in [-0.39, 0.29) is 42.7 Å². The van der Waals surface area contributed by atoms with E-state index >= 15 is 0 Å². The number of nitrogens with one attached hydrogen (secondary N) is 2. The molecule has 10 heteroatoms. The Morgan fingerprint density at radius 1 is 1.24 bits per heavy atom. The van der Waals surface area contributed by atoms with E-state index in [0.717, 1.165) is 37.7 Å². The van der Waals surface area contributed by atoms with Gasteiger partial charge in [-0.25, -0.2) is 4.99 Å². The van der Waals surface area contributed by atoms with Crippen LogP contribution in [0.25, 0.3) is 0 Å². The van der Waals surface area contributed by atoms with E-state index in [9.17, 15) is 0 Å². The third kappa shape index (κ3) is 9.85. The summed E-state index contributed by atoms with van der Waals surface area (Å²) in [6, 6.07) is 7.81. The number of hydrogen-bond donors (Lipinski definition) is 2. The van der Waals surface area contributed by atoms with Crippen molar-refractivity contribution < 1.29 is 14.0 Å². The fourth-order valence-electron chi connectivity index (χ4n) is 3.51. The number of anilines is 1. The van der Waals surface area contributed by atoms with E-state index in [1.54, 1.807) is 6.92 Å². The highest BCUT2D eigenvalue weighted by Gasteiger charge is 2.21. The van der Waals surface area contributed by atoms with Crippen LogP contribution in [0.4, 0.5) is 5.69 Å². The highest BCUT2D eigenvalue weighted by atomic mass is 127. The zero-order chi connectivity index (χ0) is 22.9. The standard InChI is InChI=1S/C23H36N6O3.HI/c1-16(2)14-29-10-11-30-21(15-29)12-24-23(25-13-22-26-18(5)28-32-22)27-19-6-8-20(9-7-19)31-17(3)4;/h6-9,16-17,21H,10-15H2,1-5H3,(H2,24,25,27);1H. The molecule has 0 aliphatic carbocycles. The first kappa shape index (κ1) is 27.3. The fourth-order valence-corrected chi connectivity index (χ4v) is 3.51. The maximum Gasteiger partial charge on any atom is 0.248 e. The SMILES string of the molecule is Cc1noc(CN=C(NCC2CN(CC(C)C)CCO2)Nc2ccc(OC(C)C)cc2)n1.I. The Morgan fingerprint density at radius 3 is 2.64 bits per heavy atom. The van der Waals surface area contributed by atoms with Crippen LogP contribution in [0.3, 0.4) is 0 Å². The van der Waals surface area contributed by atoms with Gasteiger partial charge in [0.1, 0.15) is 12.3 Å². The molecule has 0 amide bonds. The van der Waals surface area contributed by atoms with Crippen molar-refractivity contribution in [3.8, 4) is 5.75 Å². The largest absolute Gasteiger partial charge is 0.491 e. The molecule has 1 atom stereocenters. The summed E-state index contributed by atoms with van der Waals surface area (Å²) >= 11 is 0. The van der Waals surface area contributed by atoms with Gasteiger partial charge in [-0.3, -0.25) is 4.90 Å². The lowest BCUT2D eigenvalue weighted by molar-refractivity contribution is -0.0283. The number of benzene rings is 1. The highest BCUT2D eigenvalue weighted by molar-refractivity contribution is 14.0. The molecule has 1 aliphatic rings. The van der Waals surface area contributed by atoms with Gasteiger partial charge < -0.3 is 24.6 Å². The third-order valence-electron chi connectivity index (χ3n) is 4.77. The van der Waals surface area contributed by atoms with Crippen molar-refractivity contribution in [3.05, 3.63) is 36.0 Å². The first-order valence-corrected chi connectivity index (χ1v) is 11.3. The topological polar surface area (TPSA) is 97.0 Å². The van der Waals surface area contributed by atoms with E-state index in [4.69, 9.17) is 14.0 Å². The highest BCUT2D eigenvalue weighted by Crippen LogP contribution is 2.17. The lowest BCUT2D eigenvalue weighted by Crippen LogP contribution is -2.49. The molecule has 0 radical (unpaired) electrons. The van der Waals surface area contributed by atoms with Crippen LogP contribution in [0.2, 0.25) is 0 Å². The fraction of sp³-hybridized carbons (Fsp3) is 0.609. The van der Waals surface area contributed by atoms with Gasteiger partial charge in [-0.05, 0) is 51.0 Å². The Bertz CT molecular complexity index is 856. The zero-order valence-electron chi connectivity index (χ0n) is 20.2. The monoisotopic (exact) mass is 572 g/mol. The Hall–Kier alpha value is -1.92. The Kier molecular flexibility index (Phi) is 11.3. The molecule has 184 valence electrons. The summed E-state index contributed by atoms with van der Waals surface area (Å²) in [6.45, 7) is 15.0. The molecule has 2 aromatic rings. The molecule has 1 aromatic carbocycles. The van der Waals surface area contributed by atoms with Crippen LogP contribution in [0.1, 0.15) is 39.4 Å². The van der Waals surface area contributed by atoms with Crippen LogP contribution in [-0.2, 0) is 11.3 Å². The Morgan fingerprint density at radius 2 is 2.00 bits per heavy atom. The average molecular weight is 572 g/mol. The zero-order valence-corrected chi connectivity index (χ0v) is 22.5. The molecule has 9 nitrogen and oxygen atoms in total. The molecule has 0 bridgehead atoms. The van der Waals surface area contributed by atoms with Crippen molar-refractivity contribution in [2.75, 3.05) is 38.1 Å². The normalized spacial score (nSPS) is 17.2. The Labute approximate surface area is 213 Å². The van der Waals surface area contributed by atoms with Gasteiger partial charge in [0.15, 0.2) is 11.8 Å². The van der Waals surface area contributed by atoms with Crippen LogP contribution in [0.5, 0.6) is 5.75 Å². The molecule has 1 aromatic heterocycles. The van der Waals surface area contributed by atoms with Crippen LogP contribution in [0.15, 0.2) is 33.8 Å². The molecule has 33 heavy (non-hydrogen) atoms. The number of guanidine groups is 1. The van der Waals surface area contributed by atoms with E-state index in [0.29, 0.717) is 30.1 Å². The van der Waals surface area contributed by atoms with E-state index < -0.39 is 0 Å². The van der Waals surface area contributed by atoms with Crippen LogP contribution >= 0.6 is 24.0 Å². The second kappa shape index (κ2) is 13.7. The van der Waals surface area contributed by atoms with Crippen LogP contribution in [-0.4, -0.2) is 66.0 Å². The van der Waals surface area contributed by atoms with Crippen molar-refractivity contribution >= 4 is 35.6 Å². The second-order valence-electron chi connectivity index (χ2n) is 8.74. The van der Waals surface area contributed by atoms with Gasteiger partial charge in [0.2, 0.25) is 5.89 Å². The number of halogens is 1. The summed E-state index contributed by atoms with van der Waals surface area (Å²) in [5.41, 5.74) is 0.903. The van der Waals surface area contributed by atoms with Crippen molar-refractivity contribution in [2.24, 2.45) is 10.9 Å². The molecule has 1 saturated heterocycles. The number of aromatic nitrogens is 2. The van der Waals surface area contributed by atoms with Crippen molar-refractivity contribution in [3.63, 3.8) is 0 Å². The summed E-state index contributed by atoms with van der Waals surface area (Å²) < 4.78 is 16.9. The van der Waals surface area contributed by atoms with Gasteiger partial charge in [-0.1, -0.05) is 19.0 Å². The van der Waals surface area contributed by atoms with Crippen molar-refractivity contribution in [1.82, 2.24) is 20.4 Å². The van der Waals surface area contributed by atoms with E-state index in [2.05, 4.69) is 44.5 Å². The summed E-state index contributed by atoms with van der Waals surface area (Å²) in [5, 5.41) is 10.6. The molecule has 0 saturated carbocycles. The first-order chi connectivity index (χ1) is 15.4. The smallest absolute Gasteiger partial charge is 0.248 e. The van der Waals surface area contributed by atoms with E-state index in [1.807, 2.05) is 38.1 Å². The quantitative estimate of drug-likeness (QED) is 0.267. The van der Waals surface area contributed by atoms with Gasteiger partial charge in [-0.15, -0.1) is 24.0 Å². The minimum atomic E-state index is 0. The summed E-state index contributed by atoms with van der Waals surface area (Å²) in [5.74, 6) is 3.17. The maximum atomic E-state index is 5.96. The van der Waals surface area contributed by atoms with Gasteiger partial charge in [0.25, 0.3) is 0 Å². The number of aryl methyl sites for hydroxylation is 1. The third-order valence-corrected chi connectivity index (χ3v) is 4.77. The second-order valence-corrected chi connectivity index (χ2v) is 8.74. The molecule has 0 spiro atoms. The summed E-state index contributed by atoms with van der Waals surface area (Å²) in [4.78, 5) is 11.3. The molecule has 1 aliphatic heterocycles. The van der Waals surface area contributed by atoms with Crippen LogP contribution in [0, 0.1) is 12.8 Å². The Balaban J connectivity index is 0.00000385. The van der Waals surface area contributed by atoms with Gasteiger partial charge in [-0.2, -0.15) is 4.98 Å². The number of aliphatic imine (C=N–C) groups is 1. The van der Waals surface area contributed by atoms with Crippen molar-refractivity contribution in [2.45, 2.75) is 53.4 Å². The molecular weight excluding hydrogens is 535 g/mol. The lowest BCUT2D eigenvalue weighted by Gasteiger charge is -2.34. The van der Waals surface area contributed by atoms with Crippen molar-refractivity contribution in [1.29, 1.82) is 0 Å². The summed E-state index contributed by atoms with van der Waals surface area (Å²) in [7, 11) is 0. The molecular formula is C23H37IN6O3. The van der Waals surface area contributed by atoms with E-state index in [1.165, 1.54) is 0 Å². The first-order valence-electron chi connectivity index (χ1n) is 11.3. The number of morpholine rings is 1.